The second-order valence-corrected chi connectivity index (χ2v) is 3.48. The number of ether oxygens (including phenoxy) is 1. The predicted molar refractivity (Wildman–Crippen MR) is 52.6 cm³/mol. The highest BCUT2D eigenvalue weighted by Crippen LogP contribution is 2.22. The van der Waals surface area contributed by atoms with E-state index < -0.39 is 11.2 Å². The van der Waals surface area contributed by atoms with Crippen molar-refractivity contribution in [2.45, 2.75) is 12.3 Å². The van der Waals surface area contributed by atoms with Crippen molar-refractivity contribution in [2.75, 3.05) is 7.11 Å². The normalized spacial score (nSPS) is 12.3. The van der Waals surface area contributed by atoms with E-state index in [9.17, 15) is 9.18 Å². The molecule has 0 aliphatic rings. The molecule has 14 heavy (non-hydrogen) atoms. The zero-order valence-electron chi connectivity index (χ0n) is 7.88. The van der Waals surface area contributed by atoms with Crippen molar-refractivity contribution in [2.24, 2.45) is 0 Å². The third kappa shape index (κ3) is 2.23. The largest absolute Gasteiger partial charge is 0.496 e. The highest BCUT2D eigenvalue weighted by Gasteiger charge is 2.17. The SMILES string of the molecule is COc1ccc(F)cc1C(=O)C(C)Cl. The Morgan fingerprint density at radius 2 is 2.21 bits per heavy atom. The number of methoxy groups -OCH3 is 1. The predicted octanol–water partition coefficient (Wildman–Crippen LogP) is 2.64. The van der Waals surface area contributed by atoms with Gasteiger partial charge in [-0.1, -0.05) is 0 Å². The van der Waals surface area contributed by atoms with Gasteiger partial charge < -0.3 is 4.74 Å². The molecule has 1 aromatic carbocycles. The standard InChI is InChI=1S/C10H10ClFO2/c1-6(11)10(13)8-5-7(12)3-4-9(8)14-2/h3-6H,1-2H3. The fourth-order valence-corrected chi connectivity index (χ4v) is 1.20. The van der Waals surface area contributed by atoms with E-state index in [-0.39, 0.29) is 11.3 Å². The number of halogens is 2. The molecule has 0 N–H and O–H groups in total. The number of hydrogen-bond acceptors (Lipinski definition) is 2. The van der Waals surface area contributed by atoms with Gasteiger partial charge in [0.1, 0.15) is 11.6 Å². The lowest BCUT2D eigenvalue weighted by Crippen LogP contribution is -2.12. The van der Waals surface area contributed by atoms with Crippen LogP contribution in [-0.4, -0.2) is 18.3 Å². The van der Waals surface area contributed by atoms with Crippen molar-refractivity contribution < 1.29 is 13.9 Å². The van der Waals surface area contributed by atoms with Crippen LogP contribution in [0, 0.1) is 5.82 Å². The van der Waals surface area contributed by atoms with Gasteiger partial charge in [-0.2, -0.15) is 0 Å². The van der Waals surface area contributed by atoms with Crippen molar-refractivity contribution in [1.29, 1.82) is 0 Å². The summed E-state index contributed by atoms with van der Waals surface area (Å²) < 4.78 is 17.8. The molecule has 0 aromatic heterocycles. The molecule has 0 saturated carbocycles. The Morgan fingerprint density at radius 1 is 1.57 bits per heavy atom. The van der Waals surface area contributed by atoms with Crippen LogP contribution in [0.5, 0.6) is 5.75 Å². The first kappa shape index (κ1) is 11.0. The van der Waals surface area contributed by atoms with Gasteiger partial charge in [0, 0.05) is 0 Å². The molecule has 4 heteroatoms. The van der Waals surface area contributed by atoms with E-state index in [1.54, 1.807) is 0 Å². The van der Waals surface area contributed by atoms with Gasteiger partial charge in [-0.05, 0) is 25.1 Å². The molecular formula is C10H10ClFO2. The van der Waals surface area contributed by atoms with Gasteiger partial charge in [0.2, 0.25) is 0 Å². The van der Waals surface area contributed by atoms with Crippen LogP contribution >= 0.6 is 11.6 Å². The smallest absolute Gasteiger partial charge is 0.184 e. The molecule has 0 saturated heterocycles. The summed E-state index contributed by atoms with van der Waals surface area (Å²) in [5, 5.41) is -0.689. The number of Topliss-reactive ketones (excluding diaryl/α,β-unsaturated/α-hetero) is 1. The number of ketones is 1. The molecule has 0 radical (unpaired) electrons. The van der Waals surface area contributed by atoms with E-state index in [0.29, 0.717) is 5.75 Å². The van der Waals surface area contributed by atoms with Gasteiger partial charge in [-0.25, -0.2) is 4.39 Å². The minimum Gasteiger partial charge on any atom is -0.496 e. The van der Waals surface area contributed by atoms with Gasteiger partial charge in [-0.15, -0.1) is 11.6 Å². The summed E-state index contributed by atoms with van der Waals surface area (Å²) in [4.78, 5) is 11.5. The van der Waals surface area contributed by atoms with Gasteiger partial charge in [0.05, 0.1) is 18.1 Å². The first-order valence-corrected chi connectivity index (χ1v) is 4.51. The molecule has 0 spiro atoms. The molecule has 0 aliphatic heterocycles. The molecule has 2 nitrogen and oxygen atoms in total. The maximum Gasteiger partial charge on any atom is 0.184 e. The zero-order chi connectivity index (χ0) is 10.7. The lowest BCUT2D eigenvalue weighted by molar-refractivity contribution is 0.0988. The molecule has 0 heterocycles. The lowest BCUT2D eigenvalue weighted by atomic mass is 10.1. The summed E-state index contributed by atoms with van der Waals surface area (Å²) in [5.41, 5.74) is 0.176. The highest BCUT2D eigenvalue weighted by atomic mass is 35.5. The summed E-state index contributed by atoms with van der Waals surface area (Å²) in [6.07, 6.45) is 0. The van der Waals surface area contributed by atoms with E-state index in [2.05, 4.69) is 0 Å². The van der Waals surface area contributed by atoms with Crippen LogP contribution in [0.4, 0.5) is 4.39 Å². The summed E-state index contributed by atoms with van der Waals surface area (Å²) >= 11 is 5.62. The molecular weight excluding hydrogens is 207 g/mol. The Labute approximate surface area is 86.6 Å². The van der Waals surface area contributed by atoms with Gasteiger partial charge in [-0.3, -0.25) is 4.79 Å². The van der Waals surface area contributed by atoms with Crippen molar-refractivity contribution in [1.82, 2.24) is 0 Å². The second kappa shape index (κ2) is 4.42. The molecule has 1 unspecified atom stereocenters. The van der Waals surface area contributed by atoms with Crippen LogP contribution in [-0.2, 0) is 0 Å². The van der Waals surface area contributed by atoms with Crippen LogP contribution in [0.2, 0.25) is 0 Å². The van der Waals surface area contributed by atoms with Crippen LogP contribution in [0.25, 0.3) is 0 Å². The second-order valence-electron chi connectivity index (χ2n) is 2.82. The Morgan fingerprint density at radius 3 is 2.71 bits per heavy atom. The molecule has 0 amide bonds. The molecule has 0 aliphatic carbocycles. The van der Waals surface area contributed by atoms with E-state index in [1.807, 2.05) is 0 Å². The first-order valence-electron chi connectivity index (χ1n) is 4.08. The van der Waals surface area contributed by atoms with Crippen molar-refractivity contribution in [3.63, 3.8) is 0 Å². The number of carbonyl (C=O) groups excluding carboxylic acids is 1. The Balaban J connectivity index is 3.17. The lowest BCUT2D eigenvalue weighted by Gasteiger charge is -2.08. The third-order valence-corrected chi connectivity index (χ3v) is 1.99. The van der Waals surface area contributed by atoms with Gasteiger partial charge >= 0.3 is 0 Å². The Hall–Kier alpha value is -1.09. The fourth-order valence-electron chi connectivity index (χ4n) is 1.09. The molecule has 76 valence electrons. The van der Waals surface area contributed by atoms with E-state index in [0.717, 1.165) is 6.07 Å². The summed E-state index contributed by atoms with van der Waals surface area (Å²) in [5.74, 6) is -0.488. The molecule has 0 bridgehead atoms. The Kier molecular flexibility index (Phi) is 3.47. The fraction of sp³-hybridized carbons (Fsp3) is 0.300. The molecule has 1 rings (SSSR count). The van der Waals surface area contributed by atoms with Gasteiger partial charge in [0.25, 0.3) is 0 Å². The van der Waals surface area contributed by atoms with Crippen molar-refractivity contribution in [3.05, 3.63) is 29.6 Å². The van der Waals surface area contributed by atoms with Crippen LogP contribution in [0.1, 0.15) is 17.3 Å². The average molecular weight is 217 g/mol. The topological polar surface area (TPSA) is 26.3 Å². The maximum atomic E-state index is 12.9. The first-order chi connectivity index (χ1) is 6.56. The number of benzene rings is 1. The average Bonchev–Trinajstić information content (AvgIpc) is 2.16. The van der Waals surface area contributed by atoms with Crippen LogP contribution in [0.3, 0.4) is 0 Å². The molecule has 1 atom stereocenters. The maximum absolute atomic E-state index is 12.9. The van der Waals surface area contributed by atoms with E-state index in [4.69, 9.17) is 16.3 Å². The van der Waals surface area contributed by atoms with E-state index in [1.165, 1.54) is 26.2 Å². The minimum atomic E-state index is -0.689. The van der Waals surface area contributed by atoms with Gasteiger partial charge in [0.15, 0.2) is 5.78 Å². The highest BCUT2D eigenvalue weighted by molar-refractivity contribution is 6.33. The Bertz CT molecular complexity index is 350. The summed E-state index contributed by atoms with van der Waals surface area (Å²) in [6.45, 7) is 1.54. The quantitative estimate of drug-likeness (QED) is 0.574. The third-order valence-electron chi connectivity index (χ3n) is 1.79. The number of rotatable bonds is 3. The molecule has 1 aromatic rings. The number of carbonyl (C=O) groups is 1. The molecule has 0 fully saturated rings. The number of hydrogen-bond donors (Lipinski definition) is 0. The van der Waals surface area contributed by atoms with Crippen LogP contribution in [0.15, 0.2) is 18.2 Å². The monoisotopic (exact) mass is 216 g/mol. The number of alkyl halides is 1. The minimum absolute atomic E-state index is 0.176. The summed E-state index contributed by atoms with van der Waals surface area (Å²) in [6, 6.07) is 3.76. The van der Waals surface area contributed by atoms with Crippen molar-refractivity contribution in [3.8, 4) is 5.75 Å². The zero-order valence-corrected chi connectivity index (χ0v) is 8.64. The van der Waals surface area contributed by atoms with E-state index >= 15 is 0 Å². The van der Waals surface area contributed by atoms with Crippen LogP contribution < -0.4 is 4.74 Å². The van der Waals surface area contributed by atoms with Crippen molar-refractivity contribution >= 4 is 17.4 Å². The summed E-state index contributed by atoms with van der Waals surface area (Å²) in [7, 11) is 1.42.